The molecule has 1 fully saturated rings. The van der Waals surface area contributed by atoms with Crippen LogP contribution in [-0.4, -0.2) is 24.5 Å². The standard InChI is InChI=1S/C31H26N2O5/c1-3-37-24-16-12-23(13-17-24)33-30(35)27(29(34)32-31(33)36)18-21-9-14-25(15-10-21)38-19-28-20(2)8-11-22-6-4-5-7-26(22)28/h4-18H,3,19H2,1-2H3,(H,32,34,36)/b27-18+. The van der Waals surface area contributed by atoms with Gasteiger partial charge in [-0.1, -0.05) is 48.5 Å². The first-order chi connectivity index (χ1) is 18.4. The molecule has 38 heavy (non-hydrogen) atoms. The van der Waals surface area contributed by atoms with E-state index in [4.69, 9.17) is 9.47 Å². The summed E-state index contributed by atoms with van der Waals surface area (Å²) in [6, 6.07) is 25.2. The van der Waals surface area contributed by atoms with Gasteiger partial charge in [-0.25, -0.2) is 9.69 Å². The third-order valence-corrected chi connectivity index (χ3v) is 6.36. The molecule has 1 saturated heterocycles. The molecule has 0 aromatic heterocycles. The number of nitrogens with one attached hydrogen (secondary N) is 1. The summed E-state index contributed by atoms with van der Waals surface area (Å²) in [5.74, 6) is -0.167. The van der Waals surface area contributed by atoms with Crippen LogP contribution in [0.3, 0.4) is 0 Å². The molecule has 0 saturated carbocycles. The van der Waals surface area contributed by atoms with Crippen molar-refractivity contribution < 1.29 is 23.9 Å². The largest absolute Gasteiger partial charge is 0.494 e. The fourth-order valence-corrected chi connectivity index (χ4v) is 4.37. The van der Waals surface area contributed by atoms with Crippen LogP contribution < -0.4 is 19.7 Å². The number of carbonyl (C=O) groups is 3. The number of rotatable bonds is 7. The number of hydrogen-bond donors (Lipinski definition) is 1. The van der Waals surface area contributed by atoms with Crippen molar-refractivity contribution in [1.82, 2.24) is 5.32 Å². The normalized spacial score (nSPS) is 14.6. The minimum atomic E-state index is -0.797. The number of imide groups is 2. The average Bonchev–Trinajstić information content (AvgIpc) is 2.92. The van der Waals surface area contributed by atoms with E-state index in [1.165, 1.54) is 6.08 Å². The molecule has 4 amide bonds. The second kappa shape index (κ2) is 10.6. The predicted octanol–water partition coefficient (Wildman–Crippen LogP) is 5.79. The number of hydrogen-bond acceptors (Lipinski definition) is 5. The van der Waals surface area contributed by atoms with E-state index >= 15 is 0 Å². The maximum atomic E-state index is 13.1. The monoisotopic (exact) mass is 506 g/mol. The van der Waals surface area contributed by atoms with E-state index in [9.17, 15) is 14.4 Å². The fraction of sp³-hybridized carbons (Fsp3) is 0.129. The van der Waals surface area contributed by atoms with Gasteiger partial charge in [-0.3, -0.25) is 14.9 Å². The Morgan fingerprint density at radius 1 is 0.816 bits per heavy atom. The summed E-state index contributed by atoms with van der Waals surface area (Å²) in [6.07, 6.45) is 1.46. The van der Waals surface area contributed by atoms with Crippen LogP contribution in [-0.2, 0) is 16.2 Å². The molecule has 5 rings (SSSR count). The molecule has 0 aliphatic carbocycles. The smallest absolute Gasteiger partial charge is 0.335 e. The molecule has 7 heteroatoms. The lowest BCUT2D eigenvalue weighted by atomic mass is 10.0. The highest BCUT2D eigenvalue weighted by Crippen LogP contribution is 2.26. The molecule has 4 aromatic rings. The first-order valence-electron chi connectivity index (χ1n) is 12.3. The van der Waals surface area contributed by atoms with E-state index in [0.29, 0.717) is 36.0 Å². The molecule has 4 aromatic carbocycles. The Balaban J connectivity index is 1.33. The molecule has 1 aliphatic heterocycles. The van der Waals surface area contributed by atoms with Gasteiger partial charge >= 0.3 is 6.03 Å². The molecule has 1 aliphatic rings. The van der Waals surface area contributed by atoms with Crippen LogP contribution in [0.4, 0.5) is 10.5 Å². The van der Waals surface area contributed by atoms with Crippen LogP contribution in [0.5, 0.6) is 11.5 Å². The van der Waals surface area contributed by atoms with E-state index in [1.807, 2.05) is 19.1 Å². The van der Waals surface area contributed by atoms with Crippen molar-refractivity contribution in [2.24, 2.45) is 0 Å². The number of fused-ring (bicyclic) bond motifs is 1. The van der Waals surface area contributed by atoms with Crippen molar-refractivity contribution in [1.29, 1.82) is 0 Å². The highest BCUT2D eigenvalue weighted by Gasteiger charge is 2.36. The maximum Gasteiger partial charge on any atom is 0.335 e. The van der Waals surface area contributed by atoms with Gasteiger partial charge in [0.15, 0.2) is 0 Å². The van der Waals surface area contributed by atoms with Crippen molar-refractivity contribution in [2.75, 3.05) is 11.5 Å². The molecule has 0 spiro atoms. The van der Waals surface area contributed by atoms with Crippen molar-refractivity contribution >= 4 is 40.4 Å². The Bertz CT molecular complexity index is 1560. The molecule has 0 bridgehead atoms. The Labute approximate surface area is 220 Å². The molecule has 1 N–H and O–H groups in total. The Hall–Kier alpha value is -4.91. The van der Waals surface area contributed by atoms with Crippen molar-refractivity contribution in [3.8, 4) is 11.5 Å². The number of carbonyl (C=O) groups excluding carboxylic acids is 3. The number of ether oxygens (including phenoxy) is 2. The van der Waals surface area contributed by atoms with Gasteiger partial charge in [0, 0.05) is 5.56 Å². The molecule has 7 nitrogen and oxygen atoms in total. The highest BCUT2D eigenvalue weighted by molar-refractivity contribution is 6.39. The van der Waals surface area contributed by atoms with Gasteiger partial charge in [-0.2, -0.15) is 0 Å². The van der Waals surface area contributed by atoms with E-state index in [-0.39, 0.29) is 5.57 Å². The van der Waals surface area contributed by atoms with Crippen LogP contribution in [0.25, 0.3) is 16.8 Å². The summed E-state index contributed by atoms with van der Waals surface area (Å²) in [6.45, 7) is 4.83. The van der Waals surface area contributed by atoms with Gasteiger partial charge in [-0.05, 0) is 78.2 Å². The van der Waals surface area contributed by atoms with Gasteiger partial charge in [0.25, 0.3) is 11.8 Å². The van der Waals surface area contributed by atoms with Crippen molar-refractivity contribution in [3.05, 3.63) is 107 Å². The number of anilines is 1. The SMILES string of the molecule is CCOc1ccc(N2C(=O)NC(=O)/C(=C\c3ccc(OCc4c(C)ccc5ccccc45)cc3)C2=O)cc1. The van der Waals surface area contributed by atoms with Gasteiger partial charge in [0.05, 0.1) is 12.3 Å². The van der Waals surface area contributed by atoms with E-state index in [1.54, 1.807) is 48.5 Å². The zero-order valence-corrected chi connectivity index (χ0v) is 21.1. The Kier molecular flexibility index (Phi) is 6.91. The highest BCUT2D eigenvalue weighted by atomic mass is 16.5. The quantitative estimate of drug-likeness (QED) is 0.253. The second-order valence-corrected chi connectivity index (χ2v) is 8.82. The lowest BCUT2D eigenvalue weighted by Gasteiger charge is -2.26. The van der Waals surface area contributed by atoms with Crippen molar-refractivity contribution in [3.63, 3.8) is 0 Å². The summed E-state index contributed by atoms with van der Waals surface area (Å²) in [5.41, 5.74) is 3.09. The lowest BCUT2D eigenvalue weighted by molar-refractivity contribution is -0.122. The van der Waals surface area contributed by atoms with Crippen LogP contribution >= 0.6 is 0 Å². The number of barbiturate groups is 1. The predicted molar refractivity (Wildman–Crippen MR) is 146 cm³/mol. The number of nitrogens with zero attached hydrogens (tertiary/aromatic N) is 1. The zero-order valence-electron chi connectivity index (χ0n) is 21.1. The van der Waals surface area contributed by atoms with E-state index < -0.39 is 17.8 Å². The van der Waals surface area contributed by atoms with E-state index in [0.717, 1.165) is 26.8 Å². The summed E-state index contributed by atoms with van der Waals surface area (Å²) >= 11 is 0. The summed E-state index contributed by atoms with van der Waals surface area (Å²) < 4.78 is 11.5. The average molecular weight is 507 g/mol. The number of benzene rings is 4. The molecule has 190 valence electrons. The molecule has 1 heterocycles. The van der Waals surface area contributed by atoms with E-state index in [2.05, 4.69) is 36.5 Å². The first-order valence-corrected chi connectivity index (χ1v) is 12.3. The van der Waals surface area contributed by atoms with Crippen LogP contribution in [0.15, 0.2) is 90.5 Å². The second-order valence-electron chi connectivity index (χ2n) is 8.82. The number of amides is 4. The van der Waals surface area contributed by atoms with Crippen LogP contribution in [0, 0.1) is 6.92 Å². The molecular formula is C31H26N2O5. The van der Waals surface area contributed by atoms with Crippen LogP contribution in [0.2, 0.25) is 0 Å². The summed E-state index contributed by atoms with van der Waals surface area (Å²) in [5, 5.41) is 4.56. The first kappa shape index (κ1) is 24.8. The van der Waals surface area contributed by atoms with Gasteiger partial charge in [-0.15, -0.1) is 0 Å². The van der Waals surface area contributed by atoms with Crippen molar-refractivity contribution in [2.45, 2.75) is 20.5 Å². The fourth-order valence-electron chi connectivity index (χ4n) is 4.37. The Morgan fingerprint density at radius 2 is 1.50 bits per heavy atom. The van der Waals surface area contributed by atoms with Gasteiger partial charge in [0.1, 0.15) is 23.7 Å². The molecular weight excluding hydrogens is 480 g/mol. The number of aryl methyl sites for hydroxylation is 1. The minimum Gasteiger partial charge on any atom is -0.494 e. The molecule has 0 atom stereocenters. The molecule has 0 radical (unpaired) electrons. The zero-order chi connectivity index (χ0) is 26.6. The van der Waals surface area contributed by atoms with Gasteiger partial charge < -0.3 is 9.47 Å². The third-order valence-electron chi connectivity index (χ3n) is 6.36. The molecule has 0 unspecified atom stereocenters. The lowest BCUT2D eigenvalue weighted by Crippen LogP contribution is -2.54. The minimum absolute atomic E-state index is 0.140. The van der Waals surface area contributed by atoms with Gasteiger partial charge in [0.2, 0.25) is 0 Å². The summed E-state index contributed by atoms with van der Waals surface area (Å²) in [7, 11) is 0. The Morgan fingerprint density at radius 3 is 2.24 bits per heavy atom. The third kappa shape index (κ3) is 4.99. The maximum absolute atomic E-state index is 13.1. The van der Waals surface area contributed by atoms with Crippen LogP contribution in [0.1, 0.15) is 23.6 Å². The topological polar surface area (TPSA) is 84.9 Å². The summed E-state index contributed by atoms with van der Waals surface area (Å²) in [4.78, 5) is 39.1. The number of urea groups is 1.